The van der Waals surface area contributed by atoms with Crippen molar-refractivity contribution in [2.75, 3.05) is 17.7 Å². The quantitative estimate of drug-likeness (QED) is 0.530. The van der Waals surface area contributed by atoms with Crippen molar-refractivity contribution in [1.82, 2.24) is 15.0 Å². The van der Waals surface area contributed by atoms with Gasteiger partial charge >= 0.3 is 0 Å². The molecule has 2 aromatic rings. The summed E-state index contributed by atoms with van der Waals surface area (Å²) in [5.41, 5.74) is 6.97. The SMILES string of the molecule is CCCc1nc(C(N)=O)c(Nc2cncc(OC)c2)nc1N[C@H]1CC[C@H](O)CC1. The Kier molecular flexibility index (Phi) is 6.82. The van der Waals surface area contributed by atoms with Crippen molar-refractivity contribution < 1.29 is 14.6 Å². The van der Waals surface area contributed by atoms with Crippen LogP contribution in [0.2, 0.25) is 0 Å². The first-order valence-electron chi connectivity index (χ1n) is 9.91. The Balaban J connectivity index is 1.93. The van der Waals surface area contributed by atoms with Crippen LogP contribution in [0.25, 0.3) is 0 Å². The van der Waals surface area contributed by atoms with Gasteiger partial charge in [0.2, 0.25) is 0 Å². The normalized spacial score (nSPS) is 18.9. The first-order chi connectivity index (χ1) is 14.0. The third-order valence-corrected chi connectivity index (χ3v) is 4.94. The van der Waals surface area contributed by atoms with E-state index in [-0.39, 0.29) is 23.7 Å². The largest absolute Gasteiger partial charge is 0.495 e. The number of aliphatic hydroxyl groups excluding tert-OH is 1. The molecule has 1 amide bonds. The van der Waals surface area contributed by atoms with Crippen molar-refractivity contribution in [2.45, 2.75) is 57.6 Å². The molecular weight excluding hydrogens is 372 g/mol. The summed E-state index contributed by atoms with van der Waals surface area (Å²) in [6.45, 7) is 2.04. The fraction of sp³-hybridized carbons (Fsp3) is 0.500. The van der Waals surface area contributed by atoms with E-state index in [2.05, 4.69) is 25.6 Å². The number of nitrogens with two attached hydrogens (primary N) is 1. The van der Waals surface area contributed by atoms with Crippen LogP contribution in [0.4, 0.5) is 17.3 Å². The monoisotopic (exact) mass is 400 g/mol. The Labute approximate surface area is 170 Å². The number of anilines is 3. The van der Waals surface area contributed by atoms with Crippen LogP contribution in [0.5, 0.6) is 5.75 Å². The Morgan fingerprint density at radius 2 is 2.00 bits per heavy atom. The Morgan fingerprint density at radius 3 is 2.66 bits per heavy atom. The maximum Gasteiger partial charge on any atom is 0.271 e. The minimum Gasteiger partial charge on any atom is -0.495 e. The molecule has 1 saturated carbocycles. The fourth-order valence-corrected chi connectivity index (χ4v) is 3.40. The molecule has 1 fully saturated rings. The second-order valence-corrected chi connectivity index (χ2v) is 7.22. The van der Waals surface area contributed by atoms with Crippen LogP contribution < -0.4 is 21.1 Å². The van der Waals surface area contributed by atoms with Crippen molar-refractivity contribution in [3.05, 3.63) is 29.8 Å². The number of hydrogen-bond donors (Lipinski definition) is 4. The molecule has 0 radical (unpaired) electrons. The standard InChI is InChI=1S/C20H28N6O3/c1-3-4-16-19(23-12-5-7-14(27)8-6-12)26-20(17(25-16)18(21)28)24-13-9-15(29-2)11-22-10-13/h9-12,14,27H,3-8H2,1-2H3,(H2,21,28)(H2,23,24,26)/t12-,14-. The zero-order chi connectivity index (χ0) is 20.8. The van der Waals surface area contributed by atoms with E-state index in [1.807, 2.05) is 6.92 Å². The summed E-state index contributed by atoms with van der Waals surface area (Å²) < 4.78 is 5.19. The van der Waals surface area contributed by atoms with Crippen molar-refractivity contribution in [1.29, 1.82) is 0 Å². The molecule has 9 nitrogen and oxygen atoms in total. The molecule has 1 aliphatic carbocycles. The Bertz CT molecular complexity index is 852. The third-order valence-electron chi connectivity index (χ3n) is 4.94. The summed E-state index contributed by atoms with van der Waals surface area (Å²) in [5, 5.41) is 16.3. The molecule has 156 valence electrons. The van der Waals surface area contributed by atoms with Gasteiger partial charge in [0.25, 0.3) is 5.91 Å². The van der Waals surface area contributed by atoms with E-state index in [0.29, 0.717) is 29.4 Å². The topological polar surface area (TPSA) is 135 Å². The van der Waals surface area contributed by atoms with Crippen LogP contribution in [-0.4, -0.2) is 45.2 Å². The number of pyridine rings is 1. The molecule has 0 aliphatic heterocycles. The number of carbonyl (C=O) groups excluding carboxylic acids is 1. The number of hydrogen-bond acceptors (Lipinski definition) is 8. The molecule has 1 aliphatic rings. The predicted octanol–water partition coefficient (Wildman–Crippen LogP) is 2.39. The van der Waals surface area contributed by atoms with Gasteiger partial charge in [0.15, 0.2) is 17.3 Å². The minimum atomic E-state index is -0.652. The number of nitrogens with one attached hydrogen (secondary N) is 2. The number of rotatable bonds is 8. The lowest BCUT2D eigenvalue weighted by atomic mass is 9.93. The number of methoxy groups -OCH3 is 1. The van der Waals surface area contributed by atoms with E-state index in [4.69, 9.17) is 10.5 Å². The number of primary amides is 1. The van der Waals surface area contributed by atoms with Crippen LogP contribution in [0.15, 0.2) is 18.5 Å². The van der Waals surface area contributed by atoms with Crippen LogP contribution in [0.1, 0.15) is 55.2 Å². The number of ether oxygens (including phenoxy) is 1. The zero-order valence-electron chi connectivity index (χ0n) is 16.8. The number of aryl methyl sites for hydroxylation is 1. The van der Waals surface area contributed by atoms with Crippen molar-refractivity contribution in [2.24, 2.45) is 5.73 Å². The van der Waals surface area contributed by atoms with Gasteiger partial charge in [-0.25, -0.2) is 9.97 Å². The van der Waals surface area contributed by atoms with Crippen LogP contribution in [-0.2, 0) is 6.42 Å². The average Bonchev–Trinajstić information content (AvgIpc) is 2.71. The number of aromatic nitrogens is 3. The summed E-state index contributed by atoms with van der Waals surface area (Å²) in [5.74, 6) is 0.827. The minimum absolute atomic E-state index is 0.0842. The van der Waals surface area contributed by atoms with Gasteiger partial charge in [-0.15, -0.1) is 0 Å². The summed E-state index contributed by atoms with van der Waals surface area (Å²) in [6.07, 6.45) is 7.71. The molecule has 0 atom stereocenters. The van der Waals surface area contributed by atoms with Gasteiger partial charge < -0.3 is 26.2 Å². The lowest BCUT2D eigenvalue weighted by Gasteiger charge is -2.27. The number of amides is 1. The number of carbonyl (C=O) groups is 1. The molecule has 9 heteroatoms. The number of nitrogens with zero attached hydrogens (tertiary/aromatic N) is 3. The third kappa shape index (κ3) is 5.32. The van der Waals surface area contributed by atoms with Crippen LogP contribution in [0, 0.1) is 0 Å². The van der Waals surface area contributed by atoms with E-state index in [1.54, 1.807) is 25.6 Å². The van der Waals surface area contributed by atoms with Gasteiger partial charge in [-0.2, -0.15) is 0 Å². The molecule has 2 aromatic heterocycles. The van der Waals surface area contributed by atoms with E-state index in [0.717, 1.165) is 32.1 Å². The second kappa shape index (κ2) is 9.51. The lowest BCUT2D eigenvalue weighted by Crippen LogP contribution is -2.29. The summed E-state index contributed by atoms with van der Waals surface area (Å²) in [7, 11) is 1.55. The van der Waals surface area contributed by atoms with E-state index in [9.17, 15) is 9.90 Å². The zero-order valence-corrected chi connectivity index (χ0v) is 16.8. The van der Waals surface area contributed by atoms with E-state index in [1.165, 1.54) is 0 Å². The van der Waals surface area contributed by atoms with Crippen molar-refractivity contribution in [3.8, 4) is 5.75 Å². The molecular formula is C20H28N6O3. The Morgan fingerprint density at radius 1 is 1.24 bits per heavy atom. The molecule has 2 heterocycles. The maximum atomic E-state index is 12.0. The molecule has 5 N–H and O–H groups in total. The molecule has 0 bridgehead atoms. The van der Waals surface area contributed by atoms with Gasteiger partial charge in [0.1, 0.15) is 5.75 Å². The highest BCUT2D eigenvalue weighted by Gasteiger charge is 2.23. The van der Waals surface area contributed by atoms with Gasteiger partial charge in [0, 0.05) is 12.1 Å². The average molecular weight is 400 g/mol. The molecule has 0 saturated heterocycles. The van der Waals surface area contributed by atoms with E-state index >= 15 is 0 Å². The highest BCUT2D eigenvalue weighted by Crippen LogP contribution is 2.27. The molecule has 0 spiro atoms. The second-order valence-electron chi connectivity index (χ2n) is 7.22. The molecule has 29 heavy (non-hydrogen) atoms. The van der Waals surface area contributed by atoms with Crippen molar-refractivity contribution >= 4 is 23.2 Å². The van der Waals surface area contributed by atoms with Gasteiger partial charge in [-0.05, 0) is 32.1 Å². The number of aliphatic hydroxyl groups is 1. The van der Waals surface area contributed by atoms with E-state index < -0.39 is 5.91 Å². The summed E-state index contributed by atoms with van der Waals surface area (Å²) >= 11 is 0. The fourth-order valence-electron chi connectivity index (χ4n) is 3.40. The van der Waals surface area contributed by atoms with Gasteiger partial charge in [0.05, 0.1) is 37.0 Å². The molecule has 0 unspecified atom stereocenters. The smallest absolute Gasteiger partial charge is 0.271 e. The predicted molar refractivity (Wildman–Crippen MR) is 111 cm³/mol. The first kappa shape index (κ1) is 20.8. The van der Waals surface area contributed by atoms with Crippen molar-refractivity contribution in [3.63, 3.8) is 0 Å². The van der Waals surface area contributed by atoms with Gasteiger partial charge in [-0.3, -0.25) is 9.78 Å². The molecule has 3 rings (SSSR count). The van der Waals surface area contributed by atoms with Crippen LogP contribution >= 0.6 is 0 Å². The highest BCUT2D eigenvalue weighted by molar-refractivity contribution is 5.96. The maximum absolute atomic E-state index is 12.0. The summed E-state index contributed by atoms with van der Waals surface area (Å²) in [6, 6.07) is 1.95. The first-order valence-corrected chi connectivity index (χ1v) is 9.91. The van der Waals surface area contributed by atoms with Crippen LogP contribution in [0.3, 0.4) is 0 Å². The lowest BCUT2D eigenvalue weighted by molar-refractivity contribution is 0.0996. The molecule has 0 aromatic carbocycles. The van der Waals surface area contributed by atoms with Gasteiger partial charge in [-0.1, -0.05) is 13.3 Å². The Hall–Kier alpha value is -2.94. The summed E-state index contributed by atoms with van der Waals surface area (Å²) in [4.78, 5) is 25.3. The highest BCUT2D eigenvalue weighted by atomic mass is 16.5.